The molecule has 1 fully saturated rings. The monoisotopic (exact) mass is 222 g/mol. The molecular weight excluding hydrogens is 206 g/mol. The number of piperidine rings is 1. The van der Waals surface area contributed by atoms with Crippen LogP contribution in [0, 0.1) is 0 Å². The lowest BCUT2D eigenvalue weighted by Crippen LogP contribution is -3.11. The molecule has 0 aromatic heterocycles. The van der Waals surface area contributed by atoms with Crippen LogP contribution in [0.5, 0.6) is 0 Å². The minimum Gasteiger partial charge on any atom is -0.371 e. The van der Waals surface area contributed by atoms with Crippen molar-refractivity contribution in [3.05, 3.63) is 0 Å². The number of likely N-dealkylation sites (tertiary alicyclic amines) is 1. The summed E-state index contributed by atoms with van der Waals surface area (Å²) in [6.07, 6.45) is 3.09. The molecule has 1 N–H and O–H groups in total. The van der Waals surface area contributed by atoms with Gasteiger partial charge < -0.3 is 9.64 Å². The van der Waals surface area contributed by atoms with Gasteiger partial charge in [0.1, 0.15) is 12.6 Å². The van der Waals surface area contributed by atoms with Gasteiger partial charge in [0.25, 0.3) is 0 Å². The summed E-state index contributed by atoms with van der Waals surface area (Å²) in [7, 11) is 2.24. The topological polar surface area (TPSA) is 13.7 Å². The van der Waals surface area contributed by atoms with Crippen molar-refractivity contribution < 1.29 is 9.64 Å². The highest BCUT2D eigenvalue weighted by atomic mass is 79.9. The number of nitrogens with one attached hydrogen (secondary N) is 1. The van der Waals surface area contributed by atoms with Crippen LogP contribution in [0.2, 0.25) is 0 Å². The van der Waals surface area contributed by atoms with Crippen LogP contribution in [0.1, 0.15) is 12.8 Å². The Balaban J connectivity index is 2.12. The van der Waals surface area contributed by atoms with Gasteiger partial charge in [0.05, 0.1) is 20.2 Å². The second kappa shape index (κ2) is 5.12. The number of hydrogen-bond acceptors (Lipinski definition) is 1. The van der Waals surface area contributed by atoms with Crippen LogP contribution in [0.15, 0.2) is 0 Å². The third kappa shape index (κ3) is 3.54. The van der Waals surface area contributed by atoms with Crippen molar-refractivity contribution in [1.82, 2.24) is 0 Å². The summed E-state index contributed by atoms with van der Waals surface area (Å²) in [5.41, 5.74) is 0. The zero-order chi connectivity index (χ0) is 8.10. The maximum absolute atomic E-state index is 5.63. The van der Waals surface area contributed by atoms with E-state index in [0.29, 0.717) is 6.10 Å². The van der Waals surface area contributed by atoms with Gasteiger partial charge >= 0.3 is 0 Å². The van der Waals surface area contributed by atoms with Gasteiger partial charge in [0.15, 0.2) is 0 Å². The van der Waals surface area contributed by atoms with Crippen molar-refractivity contribution in [2.45, 2.75) is 18.9 Å². The number of alkyl halides is 1. The molecule has 0 spiro atoms. The molecule has 11 heavy (non-hydrogen) atoms. The molecule has 1 rings (SSSR count). The summed E-state index contributed by atoms with van der Waals surface area (Å²) >= 11 is 3.36. The largest absolute Gasteiger partial charge is 0.371 e. The molecule has 0 amide bonds. The molecule has 2 atom stereocenters. The molecule has 0 aliphatic carbocycles. The Bertz CT molecular complexity index is 110. The average Bonchev–Trinajstić information content (AvgIpc) is 2.01. The van der Waals surface area contributed by atoms with Crippen LogP contribution in [0.25, 0.3) is 0 Å². The molecule has 1 unspecified atom stereocenters. The predicted molar refractivity (Wildman–Crippen MR) is 49.4 cm³/mol. The molecule has 0 radical (unpaired) electrons. The summed E-state index contributed by atoms with van der Waals surface area (Å²) in [5.74, 6) is 0. The number of halogens is 1. The summed E-state index contributed by atoms with van der Waals surface area (Å²) in [6, 6.07) is 0. The molecule has 0 aromatic carbocycles. The van der Waals surface area contributed by atoms with E-state index in [1.54, 1.807) is 4.90 Å². The second-order valence-corrected chi connectivity index (χ2v) is 4.03. The number of ether oxygens (including phenoxy) is 1. The van der Waals surface area contributed by atoms with E-state index in [9.17, 15) is 0 Å². The fraction of sp³-hybridized carbons (Fsp3) is 1.00. The van der Waals surface area contributed by atoms with Gasteiger partial charge in [-0.2, -0.15) is 0 Å². The summed E-state index contributed by atoms with van der Waals surface area (Å²) in [4.78, 5) is 1.61. The second-order valence-electron chi connectivity index (χ2n) is 3.24. The minimum absolute atomic E-state index is 0.515. The summed E-state index contributed by atoms with van der Waals surface area (Å²) in [6.45, 7) is 3.36. The first-order chi connectivity index (χ1) is 5.33. The fourth-order valence-electron chi connectivity index (χ4n) is 1.58. The molecule has 3 heteroatoms. The number of rotatable bonds is 3. The van der Waals surface area contributed by atoms with Gasteiger partial charge in [-0.05, 0) is 12.8 Å². The fourth-order valence-corrected chi connectivity index (χ4v) is 1.76. The molecule has 2 nitrogen and oxygen atoms in total. The smallest absolute Gasteiger partial charge is 0.107 e. The van der Waals surface area contributed by atoms with Crippen LogP contribution in [0.4, 0.5) is 0 Å². The van der Waals surface area contributed by atoms with Crippen LogP contribution < -0.4 is 4.90 Å². The van der Waals surface area contributed by atoms with E-state index in [1.807, 2.05) is 0 Å². The number of quaternary nitrogens is 1. The zero-order valence-corrected chi connectivity index (χ0v) is 8.69. The quantitative estimate of drug-likeness (QED) is 0.669. The van der Waals surface area contributed by atoms with E-state index in [1.165, 1.54) is 25.9 Å². The number of hydrogen-bond donors (Lipinski definition) is 1. The van der Waals surface area contributed by atoms with E-state index in [2.05, 4.69) is 23.0 Å². The highest BCUT2D eigenvalue weighted by molar-refractivity contribution is 9.09. The molecule has 66 valence electrons. The highest BCUT2D eigenvalue weighted by Gasteiger charge is 2.19. The third-order valence-corrected chi connectivity index (χ3v) is 2.46. The maximum Gasteiger partial charge on any atom is 0.107 e. The highest BCUT2D eigenvalue weighted by Crippen LogP contribution is 2.02. The first-order valence-corrected chi connectivity index (χ1v) is 5.44. The van der Waals surface area contributed by atoms with Gasteiger partial charge in [-0.3, -0.25) is 0 Å². The molecule has 0 bridgehead atoms. The van der Waals surface area contributed by atoms with E-state index in [4.69, 9.17) is 4.74 Å². The van der Waals surface area contributed by atoms with E-state index >= 15 is 0 Å². The van der Waals surface area contributed by atoms with E-state index < -0.39 is 0 Å². The van der Waals surface area contributed by atoms with Gasteiger partial charge in [0.2, 0.25) is 0 Å². The van der Waals surface area contributed by atoms with Crippen LogP contribution in [-0.2, 0) is 4.74 Å². The van der Waals surface area contributed by atoms with Crippen molar-refractivity contribution in [2.24, 2.45) is 0 Å². The average molecular weight is 223 g/mol. The SMILES string of the molecule is C[NH+]1CCC[C@@H](OCCBr)C1. The molecule has 1 saturated heterocycles. The van der Waals surface area contributed by atoms with Crippen molar-refractivity contribution in [1.29, 1.82) is 0 Å². The predicted octanol–water partition coefficient (Wildman–Crippen LogP) is 0.0750. The Morgan fingerprint density at radius 1 is 1.64 bits per heavy atom. The van der Waals surface area contributed by atoms with Gasteiger partial charge in [0, 0.05) is 5.33 Å². The van der Waals surface area contributed by atoms with Crippen molar-refractivity contribution >= 4 is 15.9 Å². The van der Waals surface area contributed by atoms with Gasteiger partial charge in [-0.15, -0.1) is 0 Å². The maximum atomic E-state index is 5.63. The lowest BCUT2D eigenvalue weighted by atomic mass is 10.1. The van der Waals surface area contributed by atoms with Crippen molar-refractivity contribution in [2.75, 3.05) is 32.1 Å². The zero-order valence-electron chi connectivity index (χ0n) is 7.11. The number of likely N-dealkylation sites (N-methyl/N-ethyl adjacent to an activating group) is 1. The molecule has 1 aliphatic heterocycles. The Morgan fingerprint density at radius 3 is 3.09 bits per heavy atom. The Labute approximate surface area is 77.0 Å². The van der Waals surface area contributed by atoms with Gasteiger partial charge in [-0.1, -0.05) is 15.9 Å². The van der Waals surface area contributed by atoms with E-state index in [0.717, 1.165) is 11.9 Å². The molecule has 1 aliphatic rings. The Kier molecular flexibility index (Phi) is 4.41. The molecule has 0 aromatic rings. The lowest BCUT2D eigenvalue weighted by molar-refractivity contribution is -0.888. The molecule has 1 heterocycles. The minimum atomic E-state index is 0.515. The third-order valence-electron chi connectivity index (χ3n) is 2.14. The summed E-state index contributed by atoms with van der Waals surface area (Å²) in [5, 5.41) is 0.961. The standard InChI is InChI=1S/C8H16BrNO/c1-10-5-2-3-8(7-10)11-6-4-9/h8H,2-7H2,1H3/p+1/t8-/m1/s1. The lowest BCUT2D eigenvalue weighted by Gasteiger charge is -2.26. The van der Waals surface area contributed by atoms with Gasteiger partial charge in [-0.25, -0.2) is 0 Å². The first-order valence-electron chi connectivity index (χ1n) is 4.32. The van der Waals surface area contributed by atoms with E-state index in [-0.39, 0.29) is 0 Å². The molecular formula is C8H17BrNO+. The van der Waals surface area contributed by atoms with Crippen molar-refractivity contribution in [3.8, 4) is 0 Å². The first kappa shape index (κ1) is 9.49. The Hall–Kier alpha value is 0.400. The van der Waals surface area contributed by atoms with Crippen LogP contribution in [-0.4, -0.2) is 38.2 Å². The van der Waals surface area contributed by atoms with Crippen LogP contribution in [0.3, 0.4) is 0 Å². The van der Waals surface area contributed by atoms with Crippen molar-refractivity contribution in [3.63, 3.8) is 0 Å². The van der Waals surface area contributed by atoms with Crippen LogP contribution >= 0.6 is 15.9 Å². The Morgan fingerprint density at radius 2 is 2.45 bits per heavy atom. The normalized spacial score (nSPS) is 32.2. The molecule has 0 saturated carbocycles. The summed E-state index contributed by atoms with van der Waals surface area (Å²) < 4.78 is 5.63.